The average molecular weight is 228 g/mol. The van der Waals surface area contributed by atoms with Crippen LogP contribution in [0.1, 0.15) is 39.5 Å². The first-order valence-electron chi connectivity index (χ1n) is 6.33. The highest BCUT2D eigenvalue weighted by Gasteiger charge is 2.26. The average Bonchev–Trinajstić information content (AvgIpc) is 2.30. The Kier molecular flexibility index (Phi) is 5.77. The molecule has 1 fully saturated rings. The zero-order valence-corrected chi connectivity index (χ0v) is 10.3. The van der Waals surface area contributed by atoms with Gasteiger partial charge in [0.15, 0.2) is 0 Å². The zero-order chi connectivity index (χ0) is 12.0. The van der Waals surface area contributed by atoms with Crippen molar-refractivity contribution in [3.05, 3.63) is 0 Å². The summed E-state index contributed by atoms with van der Waals surface area (Å²) >= 11 is 0. The maximum atomic E-state index is 11.6. The molecular weight excluding hydrogens is 204 g/mol. The summed E-state index contributed by atoms with van der Waals surface area (Å²) in [6.07, 6.45) is 4.51. The van der Waals surface area contributed by atoms with E-state index in [-0.39, 0.29) is 24.6 Å². The quantitative estimate of drug-likeness (QED) is 0.647. The van der Waals surface area contributed by atoms with Gasteiger partial charge in [-0.2, -0.15) is 0 Å². The minimum atomic E-state index is -0.169. The van der Waals surface area contributed by atoms with Gasteiger partial charge in [-0.25, -0.2) is 0 Å². The Labute approximate surface area is 97.8 Å². The Bertz CT molecular complexity index is 221. The van der Waals surface area contributed by atoms with Crippen LogP contribution >= 0.6 is 0 Å². The summed E-state index contributed by atoms with van der Waals surface area (Å²) in [5.74, 6) is 0.357. The van der Waals surface area contributed by atoms with E-state index in [1.807, 2.05) is 13.8 Å². The summed E-state index contributed by atoms with van der Waals surface area (Å²) in [7, 11) is 0. The summed E-state index contributed by atoms with van der Waals surface area (Å²) in [6.45, 7) is 4.69. The molecule has 16 heavy (non-hydrogen) atoms. The van der Waals surface area contributed by atoms with Crippen molar-refractivity contribution in [3.63, 3.8) is 0 Å². The molecule has 3 unspecified atom stereocenters. The molecule has 0 aromatic rings. The van der Waals surface area contributed by atoms with E-state index in [9.17, 15) is 9.90 Å². The van der Waals surface area contributed by atoms with Gasteiger partial charge in [0, 0.05) is 19.2 Å². The normalized spacial score (nSPS) is 27.4. The summed E-state index contributed by atoms with van der Waals surface area (Å²) in [5.41, 5.74) is 0. The number of hydrogen-bond acceptors (Lipinski definition) is 3. The van der Waals surface area contributed by atoms with E-state index >= 15 is 0 Å². The molecule has 1 aliphatic rings. The van der Waals surface area contributed by atoms with Gasteiger partial charge in [-0.05, 0) is 32.6 Å². The van der Waals surface area contributed by atoms with Crippen molar-refractivity contribution in [2.75, 3.05) is 13.2 Å². The molecule has 0 aliphatic heterocycles. The highest BCUT2D eigenvalue weighted by molar-refractivity contribution is 5.81. The predicted molar refractivity (Wildman–Crippen MR) is 64.1 cm³/mol. The van der Waals surface area contributed by atoms with E-state index in [0.717, 1.165) is 12.8 Å². The summed E-state index contributed by atoms with van der Waals surface area (Å²) in [4.78, 5) is 11.6. The maximum absolute atomic E-state index is 11.6. The molecule has 0 aromatic carbocycles. The lowest BCUT2D eigenvalue weighted by atomic mass is 9.84. The molecule has 3 atom stereocenters. The topological polar surface area (TPSA) is 61.4 Å². The maximum Gasteiger partial charge on any atom is 0.236 e. The lowest BCUT2D eigenvalue weighted by Gasteiger charge is -2.32. The molecule has 94 valence electrons. The van der Waals surface area contributed by atoms with Gasteiger partial charge in [0.1, 0.15) is 0 Å². The SMILES string of the molecule is CCNC(=O)C(C)NC1CCCCC1CO. The fourth-order valence-electron chi connectivity index (χ4n) is 2.37. The number of nitrogens with one attached hydrogen (secondary N) is 2. The van der Waals surface area contributed by atoms with Crippen LogP contribution in [0.3, 0.4) is 0 Å². The Balaban J connectivity index is 2.41. The molecule has 0 spiro atoms. The van der Waals surface area contributed by atoms with E-state index in [4.69, 9.17) is 0 Å². The Morgan fingerprint density at radius 1 is 1.44 bits per heavy atom. The molecule has 1 saturated carbocycles. The van der Waals surface area contributed by atoms with Crippen molar-refractivity contribution in [2.24, 2.45) is 5.92 Å². The second-order valence-corrected chi connectivity index (χ2v) is 4.62. The fraction of sp³-hybridized carbons (Fsp3) is 0.917. The minimum absolute atomic E-state index is 0.0461. The van der Waals surface area contributed by atoms with E-state index in [1.54, 1.807) is 0 Å². The van der Waals surface area contributed by atoms with Crippen molar-refractivity contribution in [2.45, 2.75) is 51.6 Å². The fourth-order valence-corrected chi connectivity index (χ4v) is 2.37. The van der Waals surface area contributed by atoms with E-state index in [2.05, 4.69) is 10.6 Å². The van der Waals surface area contributed by atoms with Gasteiger partial charge >= 0.3 is 0 Å². The third-order valence-corrected chi connectivity index (χ3v) is 3.35. The first-order chi connectivity index (χ1) is 7.69. The smallest absolute Gasteiger partial charge is 0.236 e. The first kappa shape index (κ1) is 13.5. The van der Waals surface area contributed by atoms with Gasteiger partial charge in [-0.3, -0.25) is 4.79 Å². The summed E-state index contributed by atoms with van der Waals surface area (Å²) in [6, 6.07) is 0.119. The van der Waals surface area contributed by atoms with E-state index < -0.39 is 0 Å². The van der Waals surface area contributed by atoms with E-state index in [1.165, 1.54) is 12.8 Å². The second kappa shape index (κ2) is 6.86. The van der Waals surface area contributed by atoms with Gasteiger partial charge in [0.2, 0.25) is 5.91 Å². The number of likely N-dealkylation sites (N-methyl/N-ethyl adjacent to an activating group) is 1. The largest absolute Gasteiger partial charge is 0.396 e. The third-order valence-electron chi connectivity index (χ3n) is 3.35. The van der Waals surface area contributed by atoms with Gasteiger partial charge in [0.25, 0.3) is 0 Å². The number of aliphatic hydroxyl groups is 1. The molecule has 0 aromatic heterocycles. The van der Waals surface area contributed by atoms with Gasteiger partial charge < -0.3 is 15.7 Å². The lowest BCUT2D eigenvalue weighted by molar-refractivity contribution is -0.123. The van der Waals surface area contributed by atoms with Crippen LogP contribution in [0.15, 0.2) is 0 Å². The number of aliphatic hydroxyl groups excluding tert-OH is 1. The van der Waals surface area contributed by atoms with Crippen LogP contribution < -0.4 is 10.6 Å². The highest BCUT2D eigenvalue weighted by Crippen LogP contribution is 2.24. The Morgan fingerprint density at radius 2 is 2.12 bits per heavy atom. The highest BCUT2D eigenvalue weighted by atomic mass is 16.3. The molecule has 0 radical (unpaired) electrons. The van der Waals surface area contributed by atoms with Crippen LogP contribution in [0.2, 0.25) is 0 Å². The van der Waals surface area contributed by atoms with Crippen LogP contribution in [0.5, 0.6) is 0 Å². The molecule has 0 saturated heterocycles. The monoisotopic (exact) mass is 228 g/mol. The Morgan fingerprint density at radius 3 is 2.75 bits per heavy atom. The van der Waals surface area contributed by atoms with Crippen LogP contribution in [0.4, 0.5) is 0 Å². The van der Waals surface area contributed by atoms with Crippen LogP contribution in [0, 0.1) is 5.92 Å². The third kappa shape index (κ3) is 3.76. The number of carbonyl (C=O) groups is 1. The Hall–Kier alpha value is -0.610. The van der Waals surface area contributed by atoms with Gasteiger partial charge in [-0.1, -0.05) is 12.8 Å². The minimum Gasteiger partial charge on any atom is -0.396 e. The van der Waals surface area contributed by atoms with Crippen LogP contribution in [-0.4, -0.2) is 36.2 Å². The molecule has 0 heterocycles. The molecule has 0 bridgehead atoms. The standard InChI is InChI=1S/C12H24N2O2/c1-3-13-12(16)9(2)14-11-7-5-4-6-10(11)8-15/h9-11,14-15H,3-8H2,1-2H3,(H,13,16). The number of amides is 1. The summed E-state index contributed by atoms with van der Waals surface area (Å²) < 4.78 is 0. The predicted octanol–water partition coefficient (Wildman–Crippen LogP) is 0.652. The molecule has 1 rings (SSSR count). The number of carbonyl (C=O) groups excluding carboxylic acids is 1. The molecule has 3 N–H and O–H groups in total. The lowest BCUT2D eigenvalue weighted by Crippen LogP contribution is -2.50. The molecular formula is C12H24N2O2. The van der Waals surface area contributed by atoms with E-state index in [0.29, 0.717) is 12.5 Å². The van der Waals surface area contributed by atoms with Crippen molar-refractivity contribution in [1.29, 1.82) is 0 Å². The van der Waals surface area contributed by atoms with Crippen LogP contribution in [0.25, 0.3) is 0 Å². The first-order valence-corrected chi connectivity index (χ1v) is 6.33. The number of hydrogen-bond donors (Lipinski definition) is 3. The summed E-state index contributed by atoms with van der Waals surface area (Å²) in [5, 5.41) is 15.4. The van der Waals surface area contributed by atoms with Crippen LogP contribution in [-0.2, 0) is 4.79 Å². The zero-order valence-electron chi connectivity index (χ0n) is 10.3. The molecule has 1 aliphatic carbocycles. The van der Waals surface area contributed by atoms with Crippen molar-refractivity contribution < 1.29 is 9.90 Å². The van der Waals surface area contributed by atoms with Gasteiger partial charge in [-0.15, -0.1) is 0 Å². The van der Waals surface area contributed by atoms with Crippen molar-refractivity contribution >= 4 is 5.91 Å². The van der Waals surface area contributed by atoms with Crippen molar-refractivity contribution in [3.8, 4) is 0 Å². The molecule has 4 nitrogen and oxygen atoms in total. The second-order valence-electron chi connectivity index (χ2n) is 4.62. The van der Waals surface area contributed by atoms with Gasteiger partial charge in [0.05, 0.1) is 6.04 Å². The molecule has 4 heteroatoms. The van der Waals surface area contributed by atoms with Crippen molar-refractivity contribution in [1.82, 2.24) is 10.6 Å². The molecule has 1 amide bonds. The number of rotatable bonds is 5.